The summed E-state index contributed by atoms with van der Waals surface area (Å²) in [4.78, 5) is 55.8. The number of carbonyl (C=O) groups is 4. The number of benzene rings is 2. The zero-order valence-corrected chi connectivity index (χ0v) is 24.0. The van der Waals surface area contributed by atoms with Gasteiger partial charge in [0.1, 0.15) is 0 Å². The van der Waals surface area contributed by atoms with E-state index in [0.29, 0.717) is 0 Å². The lowest BCUT2D eigenvalue weighted by Crippen LogP contribution is -2.46. The van der Waals surface area contributed by atoms with Gasteiger partial charge in [-0.15, -0.1) is 0 Å². The van der Waals surface area contributed by atoms with Gasteiger partial charge >= 0.3 is 49.2 Å². The first-order valence-corrected chi connectivity index (χ1v) is 14.1. The smallest absolute Gasteiger partial charge is 0.436 e. The fourth-order valence-corrected chi connectivity index (χ4v) is 4.08. The number of hydrogen-bond acceptors (Lipinski definition) is 11. The highest BCUT2D eigenvalue weighted by atomic mass is 32.4. The quantitative estimate of drug-likeness (QED) is 0.0466. The third-order valence-electron chi connectivity index (χ3n) is 4.61. The molecule has 2 N–H and O–H groups in total. The molecule has 0 saturated heterocycles. The number of rotatable bonds is 13. The van der Waals surface area contributed by atoms with Gasteiger partial charge in [-0.05, 0) is 48.5 Å². The van der Waals surface area contributed by atoms with Crippen LogP contribution in [-0.2, 0) is 40.5 Å². The molecule has 20 heteroatoms. The van der Waals surface area contributed by atoms with Crippen LogP contribution < -0.4 is 20.0 Å². The van der Waals surface area contributed by atoms with E-state index in [1.54, 1.807) is 5.32 Å². The number of esters is 1. The number of amides is 2. The van der Waals surface area contributed by atoms with Gasteiger partial charge in [-0.25, -0.2) is 24.1 Å². The van der Waals surface area contributed by atoms with Gasteiger partial charge < -0.3 is 14.2 Å². The van der Waals surface area contributed by atoms with Crippen LogP contribution in [0.15, 0.2) is 73.8 Å². The minimum Gasteiger partial charge on any atom is -0.440 e. The van der Waals surface area contributed by atoms with Crippen LogP contribution in [0.2, 0.25) is 0 Å². The summed E-state index contributed by atoms with van der Waals surface area (Å²) in [6, 6.07) is 9.80. The van der Waals surface area contributed by atoms with Gasteiger partial charge in [0.05, 0.1) is 0 Å². The minimum atomic E-state index is -5.89. The topological polar surface area (TPSA) is 148 Å². The lowest BCUT2D eigenvalue weighted by molar-refractivity contribution is -0.306. The molecule has 0 spiro atoms. The largest absolute Gasteiger partial charge is 0.440 e. The molecule has 2 aromatic carbocycles. The normalized spacial score (nSPS) is 12.1. The van der Waals surface area contributed by atoms with Crippen molar-refractivity contribution in [1.82, 2.24) is 0 Å². The van der Waals surface area contributed by atoms with Gasteiger partial charge in [-0.2, -0.15) is 26.3 Å². The first-order valence-electron chi connectivity index (χ1n) is 11.7. The van der Waals surface area contributed by atoms with Gasteiger partial charge in [-0.3, -0.25) is 20.0 Å². The van der Waals surface area contributed by atoms with Crippen LogP contribution in [0.25, 0.3) is 0 Å². The van der Waals surface area contributed by atoms with Crippen molar-refractivity contribution in [2.45, 2.75) is 24.3 Å². The number of nitrogens with one attached hydrogen (secondary N) is 2. The van der Waals surface area contributed by atoms with Crippen LogP contribution in [0.5, 0.6) is 11.5 Å². The molecule has 2 unspecified atom stereocenters. The molecule has 0 saturated carbocycles. The summed E-state index contributed by atoms with van der Waals surface area (Å²) < 4.78 is 94.7. The molecule has 45 heavy (non-hydrogen) atoms. The van der Waals surface area contributed by atoms with Crippen LogP contribution in [0.3, 0.4) is 0 Å². The predicted molar refractivity (Wildman–Crippen MR) is 146 cm³/mol. The molecule has 0 aliphatic rings. The first-order chi connectivity index (χ1) is 21.0. The first kappa shape index (κ1) is 36.3. The van der Waals surface area contributed by atoms with Gasteiger partial charge in [0.15, 0.2) is 18.1 Å². The monoisotopic (exact) mass is 685 g/mol. The highest BCUT2D eigenvalue weighted by molar-refractivity contribution is 8.03. The van der Waals surface area contributed by atoms with Crippen molar-refractivity contribution in [2.24, 2.45) is 0 Å². The van der Waals surface area contributed by atoms with Gasteiger partial charge in [0.25, 0.3) is 6.10 Å². The fourth-order valence-electron chi connectivity index (χ4n) is 2.67. The highest BCUT2D eigenvalue weighted by Gasteiger charge is 2.60. The zero-order chi connectivity index (χ0) is 33.8. The SMILES string of the molecule is C=CC(=O)OOc1ccc(NC(=O)OCC(OC(=O)C=C)[P+](=S)Oc2ccc(NC(=O)OC(C(F)(F)F)C(F)(F)F)cc2)cc1. The van der Waals surface area contributed by atoms with E-state index in [1.165, 1.54) is 24.3 Å². The molecule has 0 heterocycles. The molecule has 0 aromatic heterocycles. The van der Waals surface area contributed by atoms with Crippen LogP contribution in [-0.4, -0.2) is 55.0 Å². The predicted octanol–water partition coefficient (Wildman–Crippen LogP) is 6.29. The molecule has 2 amide bonds. The number of anilines is 2. The maximum Gasteiger partial charge on any atom is 0.436 e. The van der Waals surface area contributed by atoms with E-state index in [0.717, 1.165) is 36.4 Å². The van der Waals surface area contributed by atoms with Crippen molar-refractivity contribution < 1.29 is 74.0 Å². The average molecular weight is 685 g/mol. The van der Waals surface area contributed by atoms with Crippen molar-refractivity contribution in [3.8, 4) is 11.5 Å². The summed E-state index contributed by atoms with van der Waals surface area (Å²) in [5, 5.41) is 4.08. The molecule has 0 radical (unpaired) electrons. The number of halogens is 6. The minimum absolute atomic E-state index is 0.0244. The van der Waals surface area contributed by atoms with E-state index in [1.807, 2.05) is 0 Å². The Labute approximate surface area is 255 Å². The molecule has 12 nitrogen and oxygen atoms in total. The Morgan fingerprint density at radius 3 is 1.76 bits per heavy atom. The van der Waals surface area contributed by atoms with Crippen molar-refractivity contribution >= 4 is 54.2 Å². The summed E-state index contributed by atoms with van der Waals surface area (Å²) >= 11 is 5.24. The average Bonchev–Trinajstić information content (AvgIpc) is 2.97. The van der Waals surface area contributed by atoms with E-state index in [-0.39, 0.29) is 22.9 Å². The maximum absolute atomic E-state index is 12.6. The molecule has 0 aliphatic heterocycles. The number of carbonyl (C=O) groups excluding carboxylic acids is 4. The standard InChI is InChI=1S/C25H19F6N2O10PS/c1-3-18(34)39-20(13-38-22(36)32-14-5-9-16(10-6-14)41-42-19(35)4-2)44(45)43-17-11-7-15(8-12-17)33-23(37)40-21(24(26,27)28)25(29,30)31/h3-12,20-21H,1-2,13H2,(H-,32,33,36,37)/p+1. The molecular formula is C25H20F6N2O10PS+. The van der Waals surface area contributed by atoms with Crippen LogP contribution in [0.1, 0.15) is 0 Å². The Morgan fingerprint density at radius 1 is 0.778 bits per heavy atom. The summed E-state index contributed by atoms with van der Waals surface area (Å²) in [7, 11) is 0. The van der Waals surface area contributed by atoms with Gasteiger partial charge in [0, 0.05) is 23.5 Å². The third-order valence-corrected chi connectivity index (χ3v) is 6.66. The Hall–Kier alpha value is -4.90. The molecule has 2 rings (SSSR count). The molecule has 2 atom stereocenters. The Balaban J connectivity index is 1.96. The van der Waals surface area contributed by atoms with E-state index in [9.17, 15) is 45.5 Å². The van der Waals surface area contributed by atoms with Gasteiger partial charge in [-0.1, -0.05) is 13.2 Å². The maximum atomic E-state index is 12.6. The molecule has 0 aliphatic carbocycles. The van der Waals surface area contributed by atoms with Crippen molar-refractivity contribution in [3.63, 3.8) is 0 Å². The molecular weight excluding hydrogens is 665 g/mol. The lowest BCUT2D eigenvalue weighted by atomic mass is 10.3. The lowest BCUT2D eigenvalue weighted by Gasteiger charge is -2.22. The summed E-state index contributed by atoms with van der Waals surface area (Å²) in [5.41, 5.74) is -0.0417. The summed E-state index contributed by atoms with van der Waals surface area (Å²) in [6.45, 7) is 3.69. The Kier molecular flexibility index (Phi) is 13.1. The van der Waals surface area contributed by atoms with Crippen molar-refractivity contribution in [3.05, 3.63) is 73.8 Å². The second-order valence-electron chi connectivity index (χ2n) is 7.93. The van der Waals surface area contributed by atoms with Crippen molar-refractivity contribution in [1.29, 1.82) is 0 Å². The van der Waals surface area contributed by atoms with Gasteiger partial charge in [0.2, 0.25) is 11.8 Å². The van der Waals surface area contributed by atoms with E-state index >= 15 is 0 Å². The second-order valence-corrected chi connectivity index (χ2v) is 10.3. The van der Waals surface area contributed by atoms with Crippen LogP contribution >= 0.6 is 6.92 Å². The zero-order valence-electron chi connectivity index (χ0n) is 22.3. The molecule has 0 fully saturated rings. The third kappa shape index (κ3) is 12.7. The Morgan fingerprint density at radius 2 is 1.27 bits per heavy atom. The van der Waals surface area contributed by atoms with Crippen molar-refractivity contribution in [2.75, 3.05) is 17.2 Å². The molecule has 2 aromatic rings. The van der Waals surface area contributed by atoms with Crippen LogP contribution in [0.4, 0.5) is 47.3 Å². The highest BCUT2D eigenvalue weighted by Crippen LogP contribution is 2.36. The van der Waals surface area contributed by atoms with E-state index in [4.69, 9.17) is 30.7 Å². The second kappa shape index (κ2) is 16.2. The van der Waals surface area contributed by atoms with Crippen LogP contribution in [0, 0.1) is 0 Å². The number of alkyl halides is 6. The number of ether oxygens (including phenoxy) is 3. The summed E-state index contributed by atoms with van der Waals surface area (Å²) in [6.07, 6.45) is -17.5. The fraction of sp³-hybridized carbons (Fsp3) is 0.200. The molecule has 0 bridgehead atoms. The van der Waals surface area contributed by atoms with E-state index < -0.39 is 62.0 Å². The Bertz CT molecular complexity index is 1390. The van der Waals surface area contributed by atoms with E-state index in [2.05, 4.69) is 28.1 Å². The summed E-state index contributed by atoms with van der Waals surface area (Å²) in [5.74, 6) is -3.00. The molecule has 242 valence electrons. The number of hydrogen-bond donors (Lipinski definition) is 2.